The van der Waals surface area contributed by atoms with Crippen LogP contribution in [0.5, 0.6) is 5.75 Å². The van der Waals surface area contributed by atoms with Gasteiger partial charge in [0.2, 0.25) is 0 Å². The van der Waals surface area contributed by atoms with Crippen molar-refractivity contribution < 1.29 is 14.3 Å². The molecule has 1 aliphatic rings. The highest BCUT2D eigenvalue weighted by Crippen LogP contribution is 2.41. The van der Waals surface area contributed by atoms with E-state index in [2.05, 4.69) is 29.0 Å². The predicted octanol–water partition coefficient (Wildman–Crippen LogP) is 5.05. The molecule has 0 atom stereocenters. The molecule has 3 aromatic rings. The number of nitrogens with one attached hydrogen (secondary N) is 1. The molecular formula is C21H25N3O3S2. The number of anilines is 2. The maximum Gasteiger partial charge on any atom is 0.341 e. The van der Waals surface area contributed by atoms with Gasteiger partial charge in [0.05, 0.1) is 29.5 Å². The Morgan fingerprint density at radius 3 is 2.90 bits per heavy atom. The van der Waals surface area contributed by atoms with Crippen LogP contribution in [-0.2, 0) is 17.7 Å². The monoisotopic (exact) mass is 431 g/mol. The Hall–Kier alpha value is -2.16. The summed E-state index contributed by atoms with van der Waals surface area (Å²) >= 11 is 3.19. The molecule has 154 valence electrons. The Labute approximate surface area is 178 Å². The zero-order chi connectivity index (χ0) is 20.5. The highest BCUT2D eigenvalue weighted by Gasteiger charge is 2.30. The zero-order valence-corrected chi connectivity index (χ0v) is 18.7. The van der Waals surface area contributed by atoms with Crippen molar-refractivity contribution in [2.75, 3.05) is 25.6 Å². The van der Waals surface area contributed by atoms with Crippen LogP contribution in [0.1, 0.15) is 41.6 Å². The summed E-state index contributed by atoms with van der Waals surface area (Å²) < 4.78 is 11.7. The van der Waals surface area contributed by atoms with Gasteiger partial charge in [-0.3, -0.25) is 4.90 Å². The van der Waals surface area contributed by atoms with Gasteiger partial charge in [-0.2, -0.15) is 0 Å². The Morgan fingerprint density at radius 1 is 1.34 bits per heavy atom. The first-order valence-electron chi connectivity index (χ1n) is 9.77. The van der Waals surface area contributed by atoms with Gasteiger partial charge in [0.25, 0.3) is 0 Å². The third-order valence-electron chi connectivity index (χ3n) is 5.11. The lowest BCUT2D eigenvalue weighted by atomic mass is 10.0. The van der Waals surface area contributed by atoms with Crippen LogP contribution in [0, 0.1) is 0 Å². The Kier molecular flexibility index (Phi) is 5.76. The first-order valence-corrected chi connectivity index (χ1v) is 11.4. The summed E-state index contributed by atoms with van der Waals surface area (Å²) in [4.78, 5) is 21.1. The van der Waals surface area contributed by atoms with Crippen LogP contribution in [0.25, 0.3) is 10.2 Å². The fourth-order valence-electron chi connectivity index (χ4n) is 3.55. The molecule has 1 aliphatic heterocycles. The van der Waals surface area contributed by atoms with Crippen LogP contribution in [0.4, 0.5) is 10.1 Å². The Bertz CT molecular complexity index is 1040. The molecule has 0 aliphatic carbocycles. The van der Waals surface area contributed by atoms with Crippen molar-refractivity contribution >= 4 is 49.0 Å². The molecule has 0 unspecified atom stereocenters. The van der Waals surface area contributed by atoms with Crippen LogP contribution < -0.4 is 10.1 Å². The van der Waals surface area contributed by atoms with E-state index in [0.29, 0.717) is 18.2 Å². The van der Waals surface area contributed by atoms with Crippen LogP contribution in [0.15, 0.2) is 18.2 Å². The molecular weight excluding hydrogens is 406 g/mol. The van der Waals surface area contributed by atoms with Gasteiger partial charge in [-0.25, -0.2) is 9.78 Å². The molecule has 4 rings (SSSR count). The Balaban J connectivity index is 1.70. The molecule has 6 nitrogen and oxygen atoms in total. The summed E-state index contributed by atoms with van der Waals surface area (Å²) in [5.74, 6) is 0.550. The van der Waals surface area contributed by atoms with E-state index in [4.69, 9.17) is 9.47 Å². The summed E-state index contributed by atoms with van der Waals surface area (Å²) in [6.07, 6.45) is 0.858. The first-order chi connectivity index (χ1) is 14.0. The van der Waals surface area contributed by atoms with Gasteiger partial charge in [-0.05, 0) is 51.0 Å². The average Bonchev–Trinajstić information content (AvgIpc) is 3.26. The number of hydrogen-bond donors (Lipinski definition) is 1. The topological polar surface area (TPSA) is 63.7 Å². The summed E-state index contributed by atoms with van der Waals surface area (Å²) in [5.41, 5.74) is 2.70. The number of methoxy groups -OCH3 is 1. The molecule has 0 saturated carbocycles. The largest absolute Gasteiger partial charge is 0.497 e. The summed E-state index contributed by atoms with van der Waals surface area (Å²) in [6.45, 7) is 8.43. The molecule has 0 radical (unpaired) electrons. The Morgan fingerprint density at radius 2 is 2.17 bits per heavy atom. The fourth-order valence-corrected chi connectivity index (χ4v) is 5.78. The molecule has 3 heterocycles. The summed E-state index contributed by atoms with van der Waals surface area (Å²) in [7, 11) is 1.66. The molecule has 0 saturated heterocycles. The molecule has 0 spiro atoms. The van der Waals surface area contributed by atoms with Gasteiger partial charge in [0.1, 0.15) is 10.8 Å². The molecule has 2 aromatic heterocycles. The van der Waals surface area contributed by atoms with Gasteiger partial charge >= 0.3 is 5.97 Å². The maximum atomic E-state index is 12.8. The smallest absolute Gasteiger partial charge is 0.341 e. The van der Waals surface area contributed by atoms with Gasteiger partial charge < -0.3 is 14.8 Å². The van der Waals surface area contributed by atoms with Gasteiger partial charge in [-0.1, -0.05) is 11.3 Å². The average molecular weight is 432 g/mol. The fraction of sp³-hybridized carbons (Fsp3) is 0.429. The second-order valence-electron chi connectivity index (χ2n) is 7.22. The van der Waals surface area contributed by atoms with Crippen molar-refractivity contribution in [3.05, 3.63) is 34.2 Å². The lowest BCUT2D eigenvalue weighted by Crippen LogP contribution is -2.35. The standard InChI is InChI=1S/C21H25N3O3S2/c1-5-27-20(25)18-14-8-9-24(12(2)3)11-17(14)28-19(18)23-21-22-15-7-6-13(26-4)10-16(15)29-21/h6-7,10,12H,5,8-9,11H2,1-4H3,(H,22,23). The minimum atomic E-state index is -0.256. The van der Waals surface area contributed by atoms with Crippen LogP contribution in [-0.4, -0.2) is 42.2 Å². The van der Waals surface area contributed by atoms with E-state index in [1.165, 1.54) is 4.88 Å². The van der Waals surface area contributed by atoms with E-state index in [9.17, 15) is 4.79 Å². The van der Waals surface area contributed by atoms with Crippen molar-refractivity contribution in [2.45, 2.75) is 39.8 Å². The molecule has 1 aromatic carbocycles. The van der Waals surface area contributed by atoms with E-state index in [1.807, 2.05) is 25.1 Å². The zero-order valence-electron chi connectivity index (χ0n) is 17.1. The van der Waals surface area contributed by atoms with E-state index >= 15 is 0 Å². The lowest BCUT2D eigenvalue weighted by molar-refractivity contribution is 0.0526. The predicted molar refractivity (Wildman–Crippen MR) is 119 cm³/mol. The first kappa shape index (κ1) is 20.1. The van der Waals surface area contributed by atoms with Gasteiger partial charge in [-0.15, -0.1) is 11.3 Å². The number of ether oxygens (including phenoxy) is 2. The van der Waals surface area contributed by atoms with Crippen molar-refractivity contribution in [3.63, 3.8) is 0 Å². The quantitative estimate of drug-likeness (QED) is 0.551. The number of hydrogen-bond acceptors (Lipinski definition) is 8. The van der Waals surface area contributed by atoms with E-state index in [-0.39, 0.29) is 5.97 Å². The number of benzene rings is 1. The normalized spacial score (nSPS) is 14.2. The molecule has 1 N–H and O–H groups in total. The van der Waals surface area contributed by atoms with Gasteiger partial charge in [0, 0.05) is 24.0 Å². The number of thiophene rings is 1. The van der Waals surface area contributed by atoms with Crippen molar-refractivity contribution in [2.24, 2.45) is 0 Å². The SMILES string of the molecule is CCOC(=O)c1c(Nc2nc3ccc(OC)cc3s2)sc2c1CCN(C(C)C)C2. The number of aromatic nitrogens is 1. The van der Waals surface area contributed by atoms with Crippen LogP contribution in [0.3, 0.4) is 0 Å². The second kappa shape index (κ2) is 8.30. The highest BCUT2D eigenvalue weighted by atomic mass is 32.1. The van der Waals surface area contributed by atoms with Crippen molar-refractivity contribution in [3.8, 4) is 5.75 Å². The summed E-state index contributed by atoms with van der Waals surface area (Å²) in [6, 6.07) is 6.30. The lowest BCUT2D eigenvalue weighted by Gasteiger charge is -2.30. The van der Waals surface area contributed by atoms with E-state index in [0.717, 1.165) is 51.2 Å². The maximum absolute atomic E-state index is 12.8. The third-order valence-corrected chi connectivity index (χ3v) is 7.18. The van der Waals surface area contributed by atoms with E-state index < -0.39 is 0 Å². The van der Waals surface area contributed by atoms with Crippen LogP contribution in [0.2, 0.25) is 0 Å². The number of esters is 1. The number of fused-ring (bicyclic) bond motifs is 2. The molecule has 0 fully saturated rings. The minimum absolute atomic E-state index is 0.256. The second-order valence-corrected chi connectivity index (χ2v) is 9.36. The van der Waals surface area contributed by atoms with Crippen molar-refractivity contribution in [1.82, 2.24) is 9.88 Å². The van der Waals surface area contributed by atoms with E-state index in [1.54, 1.807) is 29.8 Å². The molecule has 29 heavy (non-hydrogen) atoms. The molecule has 8 heteroatoms. The number of thiazole rings is 1. The van der Waals surface area contributed by atoms with Crippen LogP contribution >= 0.6 is 22.7 Å². The number of carbonyl (C=O) groups is 1. The van der Waals surface area contributed by atoms with Crippen molar-refractivity contribution in [1.29, 1.82) is 0 Å². The minimum Gasteiger partial charge on any atom is -0.497 e. The summed E-state index contributed by atoms with van der Waals surface area (Å²) in [5, 5.41) is 4.99. The number of rotatable bonds is 6. The number of nitrogens with zero attached hydrogens (tertiary/aromatic N) is 2. The molecule has 0 bridgehead atoms. The molecule has 0 amide bonds. The van der Waals surface area contributed by atoms with Gasteiger partial charge in [0.15, 0.2) is 5.13 Å². The number of carbonyl (C=O) groups excluding carboxylic acids is 1. The third kappa shape index (κ3) is 3.97. The highest BCUT2D eigenvalue weighted by molar-refractivity contribution is 7.23.